The van der Waals surface area contributed by atoms with Gasteiger partial charge in [-0.05, 0) is 245 Å². The molecule has 4 atom stereocenters. The third kappa shape index (κ3) is 44.1. The standard InChI is InChI=1S/C49H71N3O7.C35H46N2O10.C19H29N3.ClH/c1-8-9-13-20-39-31-42-38(21-18-23-43(42)52-47(39)50)19-14-10-11-16-24-45(55)58-33-37-28-26-36(27-29-37)30-44(54)35(4)51-48(57)41(34(2)3)32-40(53)22-15-12-17-25-46(56)59-49(5,6)7;1-23(2)30(21-28(38)10-8-7-9-11-32(40)47-35(4,5)6)33(41)36-24(3)31(39)20-25-12-14-26(15-13-25)22-45-34(42)46-29-18-16-27(17-19-29)37(43)44;1-2-3-5-10-16-14-17-15(9-6-4-7-13-20)11-8-12-18(17)22-19(16)21;/h18,21,23,26-29,31,34-35,41H,8-17,19-20,22,24-25,30,32-33H2,1-7H3,(H2,50,52)(H,51,57);12-19,23-24,30H,7-11,20-22H2,1-6H3,(H,36,41);8,11-12,14H,2-7,9-10,13,20H2,1H3,(H2,21,22);1H/t35-,41-;24-,30-;;/m00../s1. The lowest BCUT2D eigenvalue weighted by Crippen LogP contribution is -2.44. The van der Waals surface area contributed by atoms with Crippen molar-refractivity contribution in [2.45, 2.75) is 339 Å². The van der Waals surface area contributed by atoms with Gasteiger partial charge in [0.25, 0.3) is 5.69 Å². The van der Waals surface area contributed by atoms with Crippen LogP contribution in [0.2, 0.25) is 0 Å². The van der Waals surface area contributed by atoms with Crippen molar-refractivity contribution in [2.24, 2.45) is 29.4 Å². The number of unbranched alkanes of at least 4 members (excludes halogenated alkanes) is 13. The Hall–Kier alpha value is -10.5. The number of carbonyl (C=O) groups is 10. The number of ketones is 4. The lowest BCUT2D eigenvalue weighted by molar-refractivity contribution is -0.384. The SMILES string of the molecule is CC(C)[C@H](CC(=O)CCCCCC(=O)OC(C)(C)C)C(=O)N[C@@H](C)C(=O)Cc1ccc(COC(=O)Oc2ccc([N+](=O)[O-])cc2)cc1.CCCCCc1cc2c(CCCCCCC(=O)OCc3ccc(CC(=O)[C@H](C)NC(=O)[C@@H](CC(=O)CCCCCC(=O)OC(C)(C)C)C(C)C)cc3)cccc2nc1N.CCCCCc1cc2c(CCCCCN)cccc2nc1N.Cl. The number of non-ortho nitro benzene ring substituents is 1. The van der Waals surface area contributed by atoms with E-state index in [9.17, 15) is 58.1 Å². The summed E-state index contributed by atoms with van der Waals surface area (Å²) in [5.74, 6) is -1.56. The van der Waals surface area contributed by atoms with Gasteiger partial charge in [0.2, 0.25) is 11.8 Å². The number of hydrogen-bond donors (Lipinski definition) is 5. The van der Waals surface area contributed by atoms with Crippen molar-refractivity contribution < 1.29 is 76.6 Å². The number of fused-ring (bicyclic) bond motifs is 2. The van der Waals surface area contributed by atoms with Crippen LogP contribution in [0.15, 0.2) is 121 Å². The molecule has 0 aliphatic carbocycles. The van der Waals surface area contributed by atoms with Crippen molar-refractivity contribution in [3.05, 3.63) is 176 Å². The highest BCUT2D eigenvalue weighted by atomic mass is 35.5. The van der Waals surface area contributed by atoms with Gasteiger partial charge < -0.3 is 51.5 Å². The second kappa shape index (κ2) is 58.9. The number of aryl methyl sites for hydroxylation is 4. The number of rotatable bonds is 54. The molecule has 25 nitrogen and oxygen atoms in total. The number of amides is 2. The zero-order valence-electron chi connectivity index (χ0n) is 79.2. The minimum atomic E-state index is -0.973. The van der Waals surface area contributed by atoms with Crippen LogP contribution in [-0.2, 0) is 114 Å². The number of aromatic nitrogens is 2. The number of nitrogens with one attached hydrogen (secondary N) is 2. The maximum absolute atomic E-state index is 13.2. The van der Waals surface area contributed by atoms with Gasteiger partial charge in [0, 0.05) is 92.5 Å². The van der Waals surface area contributed by atoms with E-state index in [4.69, 9.17) is 40.9 Å². The van der Waals surface area contributed by atoms with Gasteiger partial charge in [0.05, 0.1) is 28.0 Å². The molecule has 0 bridgehead atoms. The molecule has 0 fully saturated rings. The van der Waals surface area contributed by atoms with Gasteiger partial charge in [-0.25, -0.2) is 14.8 Å². The summed E-state index contributed by atoms with van der Waals surface area (Å²) in [5, 5.41) is 18.8. The number of anilines is 2. The number of benzene rings is 5. The Bertz CT molecular complexity index is 4680. The molecule has 2 amide bonds. The van der Waals surface area contributed by atoms with Gasteiger partial charge in [-0.15, -0.1) is 12.4 Å². The van der Waals surface area contributed by atoms with Crippen LogP contribution in [-0.4, -0.2) is 104 Å². The summed E-state index contributed by atoms with van der Waals surface area (Å²) in [6.07, 6.45) is 23.5. The Balaban J connectivity index is 0.000000441. The van der Waals surface area contributed by atoms with Crippen molar-refractivity contribution in [2.75, 3.05) is 18.0 Å². The first-order valence-corrected chi connectivity index (χ1v) is 46.4. The quantitative estimate of drug-likeness (QED) is 0.00590. The van der Waals surface area contributed by atoms with E-state index >= 15 is 0 Å². The monoisotopic (exact) mass is 1800 g/mol. The molecule has 7 rings (SSSR count). The summed E-state index contributed by atoms with van der Waals surface area (Å²) >= 11 is 0. The largest absolute Gasteiger partial charge is 0.514 e. The Morgan fingerprint density at radius 2 is 0.791 bits per heavy atom. The average Bonchev–Trinajstić information content (AvgIpc) is 0.803. The molecule has 0 unspecified atom stereocenters. The van der Waals surface area contributed by atoms with Crippen molar-refractivity contribution in [3.8, 4) is 5.75 Å². The summed E-state index contributed by atoms with van der Waals surface area (Å²) in [5.41, 5.74) is 26.8. The molecule has 129 heavy (non-hydrogen) atoms. The number of carbonyl (C=O) groups excluding carboxylic acids is 10. The fraction of sp³-hybridized carbons (Fsp3) is 0.553. The van der Waals surface area contributed by atoms with Gasteiger partial charge >= 0.3 is 24.1 Å². The van der Waals surface area contributed by atoms with E-state index < -0.39 is 46.2 Å². The zero-order chi connectivity index (χ0) is 94.3. The van der Waals surface area contributed by atoms with Gasteiger partial charge in [0.15, 0.2) is 11.6 Å². The number of nitro benzene ring substituents is 1. The van der Waals surface area contributed by atoms with Crippen LogP contribution in [0.1, 0.15) is 308 Å². The Morgan fingerprint density at radius 3 is 1.18 bits per heavy atom. The van der Waals surface area contributed by atoms with Gasteiger partial charge in [-0.2, -0.15) is 0 Å². The number of nitrogen functional groups attached to an aromatic ring is 2. The van der Waals surface area contributed by atoms with E-state index in [1.807, 2.05) is 106 Å². The van der Waals surface area contributed by atoms with E-state index in [0.29, 0.717) is 87.0 Å². The van der Waals surface area contributed by atoms with Crippen LogP contribution < -0.4 is 32.6 Å². The smallest absolute Gasteiger partial charge is 0.461 e. The van der Waals surface area contributed by atoms with Crippen LogP contribution in [0, 0.1) is 33.8 Å². The number of hydrogen-bond acceptors (Lipinski definition) is 22. The summed E-state index contributed by atoms with van der Waals surface area (Å²) in [6.45, 7) is 27.1. The molecule has 0 spiro atoms. The number of pyridine rings is 2. The normalized spacial score (nSPS) is 12.2. The third-order valence-electron chi connectivity index (χ3n) is 22.1. The average molecular weight is 1800 g/mol. The van der Waals surface area contributed by atoms with Gasteiger partial charge in [-0.1, -0.05) is 172 Å². The lowest BCUT2D eigenvalue weighted by atomic mass is 9.88. The molecule has 5 aromatic carbocycles. The molecule has 0 saturated carbocycles. The highest BCUT2D eigenvalue weighted by Crippen LogP contribution is 2.30. The molecule has 2 heterocycles. The fourth-order valence-electron chi connectivity index (χ4n) is 14.6. The Kier molecular flexibility index (Phi) is 50.6. The van der Waals surface area contributed by atoms with Gasteiger partial charge in [0.1, 0.15) is 53.4 Å². The second-order valence-electron chi connectivity index (χ2n) is 36.4. The lowest BCUT2D eigenvalue weighted by Gasteiger charge is -2.22. The first kappa shape index (κ1) is 111. The number of esters is 3. The molecular weight excluding hydrogens is 1660 g/mol. The summed E-state index contributed by atoms with van der Waals surface area (Å²) in [7, 11) is 0. The molecule has 0 radical (unpaired) electrons. The zero-order valence-corrected chi connectivity index (χ0v) is 80.0. The summed E-state index contributed by atoms with van der Waals surface area (Å²) in [4.78, 5) is 145. The van der Waals surface area contributed by atoms with Crippen molar-refractivity contribution in [1.29, 1.82) is 0 Å². The predicted molar refractivity (Wildman–Crippen MR) is 512 cm³/mol. The summed E-state index contributed by atoms with van der Waals surface area (Å²) in [6, 6.07) is 34.9. The van der Waals surface area contributed by atoms with Gasteiger partial charge in [-0.3, -0.25) is 53.3 Å². The first-order chi connectivity index (χ1) is 60.8. The molecule has 0 saturated heterocycles. The highest BCUT2D eigenvalue weighted by molar-refractivity contribution is 5.94. The van der Waals surface area contributed by atoms with E-state index in [1.54, 1.807) is 38.1 Å². The number of nitro groups is 1. The Labute approximate surface area is 771 Å². The van der Waals surface area contributed by atoms with Crippen molar-refractivity contribution in [1.82, 2.24) is 20.6 Å². The highest BCUT2D eigenvalue weighted by Gasteiger charge is 2.30. The first-order valence-electron chi connectivity index (χ1n) is 46.4. The van der Waals surface area contributed by atoms with Crippen molar-refractivity contribution in [3.63, 3.8) is 0 Å². The third-order valence-corrected chi connectivity index (χ3v) is 22.1. The number of nitrogens with two attached hydrogens (primary N) is 3. The van der Waals surface area contributed by atoms with E-state index in [-0.39, 0.29) is 127 Å². The van der Waals surface area contributed by atoms with E-state index in [0.717, 1.165) is 105 Å². The van der Waals surface area contributed by atoms with Crippen molar-refractivity contribution >= 4 is 111 Å². The summed E-state index contributed by atoms with van der Waals surface area (Å²) < 4.78 is 26.2. The molecule has 2 aromatic heterocycles. The number of nitrogens with zero attached hydrogens (tertiary/aromatic N) is 3. The van der Waals surface area contributed by atoms with E-state index in [1.165, 1.54) is 96.7 Å². The van der Waals surface area contributed by atoms with Crippen LogP contribution in [0.5, 0.6) is 5.75 Å². The second-order valence-corrected chi connectivity index (χ2v) is 36.4. The fourth-order valence-corrected chi connectivity index (χ4v) is 14.6. The van der Waals surface area contributed by atoms with Crippen LogP contribution >= 0.6 is 12.4 Å². The molecule has 26 heteroatoms. The molecule has 0 aliphatic rings. The molecule has 7 aromatic rings. The number of ether oxygens (including phenoxy) is 5. The predicted octanol–water partition coefficient (Wildman–Crippen LogP) is 21.0. The Morgan fingerprint density at radius 1 is 0.434 bits per heavy atom. The molecular formula is C103H147ClN8O17. The molecule has 8 N–H and O–H groups in total. The van der Waals surface area contributed by atoms with E-state index in [2.05, 4.69) is 70.8 Å². The minimum Gasteiger partial charge on any atom is -0.461 e. The molecule has 0 aliphatic heterocycles. The maximum Gasteiger partial charge on any atom is 0.514 e. The molecule has 708 valence electrons. The van der Waals surface area contributed by atoms with Crippen LogP contribution in [0.3, 0.4) is 0 Å². The van der Waals surface area contributed by atoms with Crippen LogP contribution in [0.25, 0.3) is 21.8 Å². The maximum atomic E-state index is 13.2. The topological polar surface area (TPSA) is 388 Å². The van der Waals surface area contributed by atoms with Crippen LogP contribution in [0.4, 0.5) is 22.1 Å². The minimum absolute atomic E-state index is 0. The number of halogens is 1. The number of Topliss-reactive ketones (excluding diaryl/α,β-unsaturated/α-hetero) is 4.